The topological polar surface area (TPSA) is 89.5 Å². The van der Waals surface area contributed by atoms with Gasteiger partial charge in [-0.25, -0.2) is 0 Å². The van der Waals surface area contributed by atoms with Crippen LogP contribution < -0.4 is 5.73 Å². The van der Waals surface area contributed by atoms with Crippen molar-refractivity contribution in [1.82, 2.24) is 4.90 Å². The standard InChI is InChI=1S/C16H23N3O3.ClH/c1-3-12-6-7-13(9-15(12)19(21)22)16(20)18-8-4-5-14(10-18)11(2)17;/h6-7,9,11,14H,3-5,8,10,17H2,1-2H3;1H. The summed E-state index contributed by atoms with van der Waals surface area (Å²) >= 11 is 0. The van der Waals surface area contributed by atoms with Gasteiger partial charge in [-0.05, 0) is 38.2 Å². The van der Waals surface area contributed by atoms with Gasteiger partial charge in [-0.1, -0.05) is 13.0 Å². The molecule has 2 unspecified atom stereocenters. The molecule has 2 N–H and O–H groups in total. The van der Waals surface area contributed by atoms with E-state index in [2.05, 4.69) is 0 Å². The third kappa shape index (κ3) is 4.42. The number of hydrogen-bond donors (Lipinski definition) is 1. The number of halogens is 1. The Morgan fingerprint density at radius 3 is 2.78 bits per heavy atom. The number of nitro groups is 1. The Hall–Kier alpha value is -1.66. The first-order valence-corrected chi connectivity index (χ1v) is 7.76. The van der Waals surface area contributed by atoms with Gasteiger partial charge in [-0.3, -0.25) is 14.9 Å². The number of nitrogens with zero attached hydrogens (tertiary/aromatic N) is 2. The third-order valence-corrected chi connectivity index (χ3v) is 4.40. The highest BCUT2D eigenvalue weighted by molar-refractivity contribution is 5.95. The van der Waals surface area contributed by atoms with E-state index < -0.39 is 4.92 Å². The molecule has 1 saturated heterocycles. The summed E-state index contributed by atoms with van der Waals surface area (Å²) in [6, 6.07) is 4.81. The van der Waals surface area contributed by atoms with Crippen molar-refractivity contribution in [3.63, 3.8) is 0 Å². The molecule has 1 heterocycles. The van der Waals surface area contributed by atoms with Gasteiger partial charge in [0, 0.05) is 36.3 Å². The maximum atomic E-state index is 12.6. The Kier molecular flexibility index (Phi) is 6.97. The summed E-state index contributed by atoms with van der Waals surface area (Å²) in [5.74, 6) is 0.152. The molecule has 0 radical (unpaired) electrons. The summed E-state index contributed by atoms with van der Waals surface area (Å²) in [6.45, 7) is 5.13. The van der Waals surface area contributed by atoms with E-state index in [1.165, 1.54) is 6.07 Å². The summed E-state index contributed by atoms with van der Waals surface area (Å²) < 4.78 is 0. The molecule has 0 bridgehead atoms. The van der Waals surface area contributed by atoms with Crippen molar-refractivity contribution in [2.45, 2.75) is 39.2 Å². The summed E-state index contributed by atoms with van der Waals surface area (Å²) in [6.07, 6.45) is 2.52. The van der Waals surface area contributed by atoms with Crippen molar-refractivity contribution in [3.05, 3.63) is 39.4 Å². The summed E-state index contributed by atoms with van der Waals surface area (Å²) in [5.41, 5.74) is 7.00. The number of carbonyl (C=O) groups is 1. The lowest BCUT2D eigenvalue weighted by Crippen LogP contribution is -2.45. The molecule has 1 amide bonds. The first kappa shape index (κ1) is 19.4. The number of piperidine rings is 1. The van der Waals surface area contributed by atoms with Crippen molar-refractivity contribution < 1.29 is 9.72 Å². The minimum atomic E-state index is -0.420. The monoisotopic (exact) mass is 341 g/mol. The lowest BCUT2D eigenvalue weighted by molar-refractivity contribution is -0.385. The highest BCUT2D eigenvalue weighted by Gasteiger charge is 2.27. The minimum Gasteiger partial charge on any atom is -0.338 e. The SMILES string of the molecule is CCc1ccc(C(=O)N2CCCC(C(C)N)C2)cc1[N+](=O)[O-].Cl. The molecule has 0 spiro atoms. The van der Waals surface area contributed by atoms with E-state index in [4.69, 9.17) is 5.73 Å². The summed E-state index contributed by atoms with van der Waals surface area (Å²) in [5, 5.41) is 11.1. The zero-order valence-corrected chi connectivity index (χ0v) is 14.3. The predicted molar refractivity (Wildman–Crippen MR) is 92.0 cm³/mol. The molecule has 1 aliphatic heterocycles. The van der Waals surface area contributed by atoms with E-state index in [0.717, 1.165) is 12.8 Å². The second kappa shape index (κ2) is 8.26. The fourth-order valence-electron chi connectivity index (χ4n) is 2.97. The molecule has 23 heavy (non-hydrogen) atoms. The fraction of sp³-hybridized carbons (Fsp3) is 0.562. The van der Waals surface area contributed by atoms with E-state index in [9.17, 15) is 14.9 Å². The average molecular weight is 342 g/mol. The smallest absolute Gasteiger partial charge is 0.273 e. The number of benzene rings is 1. The Balaban J connectivity index is 0.00000264. The predicted octanol–water partition coefficient (Wildman–Crippen LogP) is 2.78. The number of aryl methyl sites for hydroxylation is 1. The van der Waals surface area contributed by atoms with E-state index in [1.54, 1.807) is 17.0 Å². The van der Waals surface area contributed by atoms with Crippen molar-refractivity contribution >= 4 is 24.0 Å². The fourth-order valence-corrected chi connectivity index (χ4v) is 2.97. The number of amides is 1. The lowest BCUT2D eigenvalue weighted by atomic mass is 9.91. The third-order valence-electron chi connectivity index (χ3n) is 4.40. The van der Waals surface area contributed by atoms with Crippen LogP contribution in [-0.4, -0.2) is 34.9 Å². The average Bonchev–Trinajstić information content (AvgIpc) is 2.53. The molecule has 1 aromatic carbocycles. The van der Waals surface area contributed by atoms with Gasteiger partial charge < -0.3 is 10.6 Å². The van der Waals surface area contributed by atoms with E-state index in [-0.39, 0.29) is 30.0 Å². The first-order chi connectivity index (χ1) is 10.4. The van der Waals surface area contributed by atoms with Crippen LogP contribution in [0.4, 0.5) is 5.69 Å². The van der Waals surface area contributed by atoms with Gasteiger partial charge in [0.1, 0.15) is 0 Å². The Morgan fingerprint density at radius 2 is 2.22 bits per heavy atom. The number of carbonyl (C=O) groups excluding carboxylic acids is 1. The van der Waals surface area contributed by atoms with Gasteiger partial charge in [0.2, 0.25) is 0 Å². The second-order valence-corrected chi connectivity index (χ2v) is 5.97. The van der Waals surface area contributed by atoms with Gasteiger partial charge in [0.15, 0.2) is 0 Å². The van der Waals surface area contributed by atoms with Crippen molar-refractivity contribution in [2.75, 3.05) is 13.1 Å². The van der Waals surface area contributed by atoms with E-state index in [0.29, 0.717) is 36.6 Å². The Bertz CT molecular complexity index is 578. The molecule has 2 rings (SSSR count). The van der Waals surface area contributed by atoms with Gasteiger partial charge in [-0.15, -0.1) is 12.4 Å². The molecule has 0 aromatic heterocycles. The Morgan fingerprint density at radius 1 is 1.52 bits per heavy atom. The zero-order valence-electron chi connectivity index (χ0n) is 13.5. The number of nitrogens with two attached hydrogens (primary N) is 1. The van der Waals surface area contributed by atoms with Crippen molar-refractivity contribution in [2.24, 2.45) is 11.7 Å². The molecule has 1 fully saturated rings. The normalized spacial score (nSPS) is 18.9. The number of nitro benzene ring substituents is 1. The van der Waals surface area contributed by atoms with Crippen LogP contribution in [0.3, 0.4) is 0 Å². The highest BCUT2D eigenvalue weighted by Crippen LogP contribution is 2.24. The quantitative estimate of drug-likeness (QED) is 0.673. The molecule has 2 atom stereocenters. The Labute approximate surface area is 142 Å². The first-order valence-electron chi connectivity index (χ1n) is 7.76. The molecule has 1 aromatic rings. The minimum absolute atomic E-state index is 0. The van der Waals surface area contributed by atoms with Gasteiger partial charge in [0.25, 0.3) is 11.6 Å². The maximum absolute atomic E-state index is 12.6. The van der Waals surface area contributed by atoms with Crippen LogP contribution in [0.25, 0.3) is 0 Å². The van der Waals surface area contributed by atoms with E-state index in [1.807, 2.05) is 13.8 Å². The second-order valence-electron chi connectivity index (χ2n) is 5.97. The van der Waals surface area contributed by atoms with Gasteiger partial charge in [0.05, 0.1) is 4.92 Å². The molecule has 128 valence electrons. The molecular weight excluding hydrogens is 318 g/mol. The van der Waals surface area contributed by atoms with Crippen LogP contribution >= 0.6 is 12.4 Å². The molecule has 7 heteroatoms. The molecule has 0 aliphatic carbocycles. The zero-order chi connectivity index (χ0) is 16.3. The van der Waals surface area contributed by atoms with Gasteiger partial charge >= 0.3 is 0 Å². The molecular formula is C16H24ClN3O3. The van der Waals surface area contributed by atoms with Crippen molar-refractivity contribution in [3.8, 4) is 0 Å². The molecule has 0 saturated carbocycles. The van der Waals surface area contributed by atoms with Gasteiger partial charge in [-0.2, -0.15) is 0 Å². The highest BCUT2D eigenvalue weighted by atomic mass is 35.5. The van der Waals surface area contributed by atoms with Crippen LogP contribution in [0.5, 0.6) is 0 Å². The van der Waals surface area contributed by atoms with Crippen LogP contribution in [0.15, 0.2) is 18.2 Å². The van der Waals surface area contributed by atoms with Crippen LogP contribution in [0.1, 0.15) is 42.6 Å². The maximum Gasteiger partial charge on any atom is 0.273 e. The number of rotatable bonds is 4. The van der Waals surface area contributed by atoms with Crippen LogP contribution in [0, 0.1) is 16.0 Å². The van der Waals surface area contributed by atoms with Crippen molar-refractivity contribution in [1.29, 1.82) is 0 Å². The van der Waals surface area contributed by atoms with Crippen LogP contribution in [0.2, 0.25) is 0 Å². The van der Waals surface area contributed by atoms with E-state index >= 15 is 0 Å². The largest absolute Gasteiger partial charge is 0.338 e. The van der Waals surface area contributed by atoms with Crippen LogP contribution in [-0.2, 0) is 6.42 Å². The number of likely N-dealkylation sites (tertiary alicyclic amines) is 1. The lowest BCUT2D eigenvalue weighted by Gasteiger charge is -2.34. The summed E-state index contributed by atoms with van der Waals surface area (Å²) in [7, 11) is 0. The molecule has 6 nitrogen and oxygen atoms in total. The number of hydrogen-bond acceptors (Lipinski definition) is 4. The summed E-state index contributed by atoms with van der Waals surface area (Å²) in [4.78, 5) is 25.1. The molecule has 1 aliphatic rings.